The van der Waals surface area contributed by atoms with Gasteiger partial charge in [0.15, 0.2) is 0 Å². The normalized spacial score (nSPS) is 12.2. The molecule has 2 aromatic carbocycles. The summed E-state index contributed by atoms with van der Waals surface area (Å²) in [6.45, 7) is 0. The van der Waals surface area contributed by atoms with E-state index in [1.54, 1.807) is 13.2 Å². The summed E-state index contributed by atoms with van der Waals surface area (Å²) in [5.41, 5.74) is 1.86. The van der Waals surface area contributed by atoms with Gasteiger partial charge < -0.3 is 10.1 Å². The van der Waals surface area contributed by atoms with Gasteiger partial charge in [-0.2, -0.15) is 0 Å². The highest BCUT2D eigenvalue weighted by Gasteiger charge is 2.19. The number of halogens is 3. The third-order valence-electron chi connectivity index (χ3n) is 3.10. The molecule has 0 heterocycles. The molecule has 0 saturated heterocycles. The first kappa shape index (κ1) is 15.5. The molecule has 2 rings (SSSR count). The van der Waals surface area contributed by atoms with Gasteiger partial charge in [-0.1, -0.05) is 34.1 Å². The second-order valence-electron chi connectivity index (χ2n) is 4.25. The quantitative estimate of drug-likeness (QED) is 0.802. The van der Waals surface area contributed by atoms with Crippen LogP contribution in [0.15, 0.2) is 45.3 Å². The Morgan fingerprint density at radius 3 is 2.50 bits per heavy atom. The number of rotatable bonds is 4. The van der Waals surface area contributed by atoms with Gasteiger partial charge in [0.05, 0.1) is 17.6 Å². The molecular weight excluding hydrogens is 389 g/mol. The van der Waals surface area contributed by atoms with E-state index in [-0.39, 0.29) is 11.9 Å². The molecule has 5 heteroatoms. The summed E-state index contributed by atoms with van der Waals surface area (Å²) in [6.07, 6.45) is 0. The molecule has 0 fully saturated rings. The van der Waals surface area contributed by atoms with Crippen LogP contribution >= 0.6 is 31.9 Å². The summed E-state index contributed by atoms with van der Waals surface area (Å²) in [5, 5.41) is 3.21. The summed E-state index contributed by atoms with van der Waals surface area (Å²) in [4.78, 5) is 0. The van der Waals surface area contributed by atoms with Gasteiger partial charge in [0.25, 0.3) is 0 Å². The fourth-order valence-electron chi connectivity index (χ4n) is 2.09. The third kappa shape index (κ3) is 3.05. The molecule has 0 spiro atoms. The Bertz CT molecular complexity index is 619. The topological polar surface area (TPSA) is 21.3 Å². The van der Waals surface area contributed by atoms with Crippen LogP contribution < -0.4 is 10.1 Å². The number of hydrogen-bond donors (Lipinski definition) is 1. The lowest BCUT2D eigenvalue weighted by Crippen LogP contribution is -2.19. The average Bonchev–Trinajstić information content (AvgIpc) is 2.45. The van der Waals surface area contributed by atoms with E-state index in [9.17, 15) is 4.39 Å². The molecule has 2 aromatic rings. The molecule has 1 N–H and O–H groups in total. The Hall–Kier alpha value is -0.910. The van der Waals surface area contributed by atoms with Crippen LogP contribution in [0.5, 0.6) is 5.75 Å². The second-order valence-corrected chi connectivity index (χ2v) is 5.90. The molecule has 20 heavy (non-hydrogen) atoms. The molecule has 0 aromatic heterocycles. The predicted octanol–water partition coefficient (Wildman–Crippen LogP) is 4.67. The van der Waals surface area contributed by atoms with Crippen LogP contribution in [0.25, 0.3) is 0 Å². The van der Waals surface area contributed by atoms with Crippen LogP contribution in [0.2, 0.25) is 0 Å². The van der Waals surface area contributed by atoms with Crippen LogP contribution in [0.3, 0.4) is 0 Å². The monoisotopic (exact) mass is 401 g/mol. The van der Waals surface area contributed by atoms with E-state index in [0.717, 1.165) is 21.3 Å². The molecule has 0 radical (unpaired) electrons. The largest absolute Gasteiger partial charge is 0.497 e. The van der Waals surface area contributed by atoms with Crippen LogP contribution in [0.1, 0.15) is 17.2 Å². The molecule has 106 valence electrons. The van der Waals surface area contributed by atoms with Crippen molar-refractivity contribution in [3.05, 3.63) is 62.3 Å². The zero-order valence-corrected chi connectivity index (χ0v) is 14.3. The Morgan fingerprint density at radius 2 is 1.90 bits per heavy atom. The van der Waals surface area contributed by atoms with Crippen molar-refractivity contribution in [3.63, 3.8) is 0 Å². The van der Waals surface area contributed by atoms with Crippen molar-refractivity contribution >= 4 is 31.9 Å². The molecule has 1 unspecified atom stereocenters. The summed E-state index contributed by atoms with van der Waals surface area (Å²) in [6, 6.07) is 10.7. The molecule has 0 saturated carbocycles. The van der Waals surface area contributed by atoms with Crippen molar-refractivity contribution in [1.82, 2.24) is 5.32 Å². The average molecular weight is 403 g/mol. The Morgan fingerprint density at radius 1 is 1.15 bits per heavy atom. The molecular formula is C15H14Br2FNO. The maximum atomic E-state index is 13.7. The summed E-state index contributed by atoms with van der Waals surface area (Å²) < 4.78 is 20.3. The lowest BCUT2D eigenvalue weighted by Gasteiger charge is -2.20. The number of hydrogen-bond acceptors (Lipinski definition) is 2. The smallest absolute Gasteiger partial charge is 0.137 e. The van der Waals surface area contributed by atoms with Crippen LogP contribution in [0, 0.1) is 5.82 Å². The molecule has 0 amide bonds. The summed E-state index contributed by atoms with van der Waals surface area (Å²) >= 11 is 6.86. The van der Waals surface area contributed by atoms with Gasteiger partial charge in [-0.3, -0.25) is 0 Å². The number of nitrogens with one attached hydrogen (secondary N) is 1. The van der Waals surface area contributed by atoms with Crippen molar-refractivity contribution in [1.29, 1.82) is 0 Å². The lowest BCUT2D eigenvalue weighted by molar-refractivity contribution is 0.414. The van der Waals surface area contributed by atoms with Gasteiger partial charge >= 0.3 is 0 Å². The van der Waals surface area contributed by atoms with E-state index >= 15 is 0 Å². The minimum absolute atomic E-state index is 0.125. The number of methoxy groups -OCH3 is 1. The van der Waals surface area contributed by atoms with Crippen molar-refractivity contribution < 1.29 is 9.13 Å². The van der Waals surface area contributed by atoms with Crippen LogP contribution in [0.4, 0.5) is 4.39 Å². The van der Waals surface area contributed by atoms with E-state index < -0.39 is 0 Å². The highest BCUT2D eigenvalue weighted by molar-refractivity contribution is 9.10. The van der Waals surface area contributed by atoms with Gasteiger partial charge in [-0.25, -0.2) is 4.39 Å². The summed E-state index contributed by atoms with van der Waals surface area (Å²) in [7, 11) is 3.47. The predicted molar refractivity (Wildman–Crippen MR) is 85.7 cm³/mol. The van der Waals surface area contributed by atoms with E-state index in [4.69, 9.17) is 4.74 Å². The van der Waals surface area contributed by atoms with Gasteiger partial charge in [0.1, 0.15) is 11.6 Å². The minimum atomic E-state index is -0.271. The van der Waals surface area contributed by atoms with Gasteiger partial charge in [-0.15, -0.1) is 0 Å². The molecule has 0 aliphatic rings. The number of ether oxygens (including phenoxy) is 1. The van der Waals surface area contributed by atoms with Gasteiger partial charge in [-0.05, 0) is 52.3 Å². The summed E-state index contributed by atoms with van der Waals surface area (Å²) in [5.74, 6) is 0.501. The van der Waals surface area contributed by atoms with Crippen molar-refractivity contribution in [2.75, 3.05) is 14.2 Å². The zero-order chi connectivity index (χ0) is 14.7. The van der Waals surface area contributed by atoms with E-state index in [0.29, 0.717) is 4.47 Å². The highest BCUT2D eigenvalue weighted by Crippen LogP contribution is 2.35. The minimum Gasteiger partial charge on any atom is -0.497 e. The maximum Gasteiger partial charge on any atom is 0.137 e. The van der Waals surface area contributed by atoms with Crippen molar-refractivity contribution in [2.24, 2.45) is 0 Å². The SMILES string of the molecule is CNC(c1ccc(OC)cc1Br)c1cccc(F)c1Br. The molecule has 0 bridgehead atoms. The third-order valence-corrected chi connectivity index (χ3v) is 4.62. The lowest BCUT2D eigenvalue weighted by atomic mass is 9.98. The molecule has 0 aliphatic heterocycles. The second kappa shape index (κ2) is 6.70. The van der Waals surface area contributed by atoms with Gasteiger partial charge in [0, 0.05) is 4.47 Å². The zero-order valence-electron chi connectivity index (χ0n) is 11.1. The van der Waals surface area contributed by atoms with E-state index in [1.165, 1.54) is 6.07 Å². The Labute approximate surface area is 134 Å². The van der Waals surface area contributed by atoms with Crippen LogP contribution in [-0.2, 0) is 0 Å². The Kier molecular flexibility index (Phi) is 5.18. The maximum absolute atomic E-state index is 13.7. The highest BCUT2D eigenvalue weighted by atomic mass is 79.9. The molecule has 1 atom stereocenters. The standard InChI is InChI=1S/C15H14Br2FNO/c1-19-15(11-4-3-5-13(18)14(11)17)10-7-6-9(20-2)8-12(10)16/h3-8,15,19H,1-2H3. The molecule has 0 aliphatic carbocycles. The molecule has 2 nitrogen and oxygen atoms in total. The fourth-order valence-corrected chi connectivity index (χ4v) is 3.17. The first-order valence-corrected chi connectivity index (χ1v) is 7.61. The van der Waals surface area contributed by atoms with E-state index in [1.807, 2.05) is 31.3 Å². The fraction of sp³-hybridized carbons (Fsp3) is 0.200. The van der Waals surface area contributed by atoms with Crippen molar-refractivity contribution in [3.8, 4) is 5.75 Å². The first-order chi connectivity index (χ1) is 9.58. The van der Waals surface area contributed by atoms with Gasteiger partial charge in [0.2, 0.25) is 0 Å². The Balaban J connectivity index is 2.50. The van der Waals surface area contributed by atoms with Crippen LogP contribution in [-0.4, -0.2) is 14.2 Å². The van der Waals surface area contributed by atoms with Crippen molar-refractivity contribution in [2.45, 2.75) is 6.04 Å². The number of benzene rings is 2. The first-order valence-electron chi connectivity index (χ1n) is 6.03. The van der Waals surface area contributed by atoms with E-state index in [2.05, 4.69) is 37.2 Å².